The van der Waals surface area contributed by atoms with E-state index in [-0.39, 0.29) is 20.0 Å². The zero-order valence-electron chi connectivity index (χ0n) is 20.1. The van der Waals surface area contributed by atoms with Crippen molar-refractivity contribution in [1.82, 2.24) is 19.5 Å². The molecule has 0 aliphatic carbocycles. The Hall–Kier alpha value is -3.26. The van der Waals surface area contributed by atoms with Gasteiger partial charge in [0.1, 0.15) is 9.96 Å². The number of fused-ring (bicyclic) bond motifs is 1. The molecule has 0 saturated carbocycles. The lowest BCUT2D eigenvalue weighted by Crippen LogP contribution is -2.28. The number of ether oxygens (including phenoxy) is 1. The van der Waals surface area contributed by atoms with Crippen LogP contribution in [-0.4, -0.2) is 38.1 Å². The normalized spacial score (nSPS) is 14.2. The summed E-state index contributed by atoms with van der Waals surface area (Å²) in [7, 11) is -7.87. The van der Waals surface area contributed by atoms with Gasteiger partial charge in [-0.1, -0.05) is 29.4 Å². The van der Waals surface area contributed by atoms with Crippen molar-refractivity contribution in [3.05, 3.63) is 71.4 Å². The molecule has 2 N–H and O–H groups in total. The maximum Gasteiger partial charge on any atom is 0.322 e. The molecule has 0 amide bonds. The number of nitrogens with zero attached hydrogens (tertiary/aromatic N) is 3. The molecule has 2 aromatic carbocycles. The minimum atomic E-state index is -4.04. The number of anilines is 1. The smallest absolute Gasteiger partial charge is 0.322 e. The van der Waals surface area contributed by atoms with E-state index in [1.807, 2.05) is 25.1 Å². The Labute approximate surface area is 219 Å². The Morgan fingerprint density at radius 2 is 1.86 bits per heavy atom. The van der Waals surface area contributed by atoms with Gasteiger partial charge in [0.15, 0.2) is 5.82 Å². The van der Waals surface area contributed by atoms with E-state index >= 15 is 0 Å². The molecule has 13 heteroatoms. The van der Waals surface area contributed by atoms with Crippen LogP contribution >= 0.6 is 11.3 Å². The number of nitrogens with one attached hydrogen (secondary N) is 2. The molecule has 0 unspecified atom stereocenters. The third-order valence-corrected chi connectivity index (χ3v) is 10.8. The minimum absolute atomic E-state index is 0.0759. The van der Waals surface area contributed by atoms with E-state index in [0.717, 1.165) is 30.0 Å². The fourth-order valence-electron chi connectivity index (χ4n) is 4.09. The van der Waals surface area contributed by atoms with Crippen molar-refractivity contribution in [3.63, 3.8) is 0 Å². The van der Waals surface area contributed by atoms with Crippen LogP contribution in [-0.2, 0) is 32.8 Å². The second-order valence-corrected chi connectivity index (χ2v) is 13.2. The Morgan fingerprint density at radius 3 is 2.62 bits per heavy atom. The number of thiophene rings is 1. The molecule has 0 spiro atoms. The molecule has 0 bridgehead atoms. The van der Waals surface area contributed by atoms with Crippen LogP contribution in [0.2, 0.25) is 0 Å². The van der Waals surface area contributed by atoms with Gasteiger partial charge in [0.05, 0.1) is 15.8 Å². The Morgan fingerprint density at radius 1 is 1.08 bits per heavy atom. The Kier molecular flexibility index (Phi) is 6.79. The molecule has 194 valence electrons. The van der Waals surface area contributed by atoms with Crippen molar-refractivity contribution >= 4 is 36.9 Å². The van der Waals surface area contributed by atoms with E-state index in [9.17, 15) is 16.8 Å². The first-order chi connectivity index (χ1) is 17.7. The van der Waals surface area contributed by atoms with Crippen molar-refractivity contribution in [2.75, 3.05) is 11.9 Å². The van der Waals surface area contributed by atoms with Crippen LogP contribution in [0.1, 0.15) is 31.3 Å². The molecule has 0 saturated heterocycles. The summed E-state index contributed by atoms with van der Waals surface area (Å²) in [5.41, 5.74) is 2.24. The zero-order valence-corrected chi connectivity index (χ0v) is 22.5. The van der Waals surface area contributed by atoms with E-state index in [0.29, 0.717) is 18.1 Å². The van der Waals surface area contributed by atoms with Crippen LogP contribution in [0.3, 0.4) is 0 Å². The molecule has 2 aromatic heterocycles. The van der Waals surface area contributed by atoms with Crippen molar-refractivity contribution in [2.24, 2.45) is 0 Å². The van der Waals surface area contributed by atoms with Gasteiger partial charge in [-0.05, 0) is 50.1 Å². The molecule has 5 rings (SSSR count). The third-order valence-electron chi connectivity index (χ3n) is 5.96. The van der Waals surface area contributed by atoms with E-state index in [1.54, 1.807) is 29.7 Å². The van der Waals surface area contributed by atoms with Crippen LogP contribution in [0.25, 0.3) is 0 Å². The van der Waals surface area contributed by atoms with Crippen molar-refractivity contribution in [2.45, 2.75) is 46.9 Å². The Bertz CT molecular complexity index is 1650. The summed E-state index contributed by atoms with van der Waals surface area (Å²) in [4.78, 5) is 0.0220. The molecule has 1 aliphatic heterocycles. The second-order valence-electron chi connectivity index (χ2n) is 8.44. The van der Waals surface area contributed by atoms with Gasteiger partial charge in [0.2, 0.25) is 9.84 Å². The number of hydrogen-bond donors (Lipinski definition) is 2. The molecule has 4 aromatic rings. The topological polar surface area (TPSA) is 132 Å². The molecule has 10 nitrogen and oxygen atoms in total. The van der Waals surface area contributed by atoms with Gasteiger partial charge < -0.3 is 10.1 Å². The number of hydrogen-bond acceptors (Lipinski definition) is 9. The molecule has 1 aliphatic rings. The highest BCUT2D eigenvalue weighted by atomic mass is 32.2. The number of aromatic nitrogens is 3. The van der Waals surface area contributed by atoms with Crippen LogP contribution in [0.4, 0.5) is 5.69 Å². The first kappa shape index (κ1) is 25.4. The Balaban J connectivity index is 1.35. The predicted octanol–water partition coefficient (Wildman–Crippen LogP) is 3.99. The number of benzene rings is 2. The standard InChI is InChI=1S/C24H25N5O5S3/c1-3-29-23(26-27-24(29)34-18-10-9-17-11-12-25-21(17)13-18)16(2)28-37(32,33)22-14-20(15-35-22)36(30,31)19-7-5-4-6-8-19/h4-10,13-16,25,28H,3,11-12H2,1-2H3/t16-/m1/s1. The van der Waals surface area contributed by atoms with Crippen molar-refractivity contribution in [1.29, 1.82) is 0 Å². The molecule has 0 radical (unpaired) electrons. The summed E-state index contributed by atoms with van der Waals surface area (Å²) in [6, 6.07) is 14.3. The fraction of sp³-hybridized carbons (Fsp3) is 0.250. The average Bonchev–Trinajstić information content (AvgIpc) is 3.64. The van der Waals surface area contributed by atoms with Gasteiger partial charge in [0.25, 0.3) is 10.0 Å². The van der Waals surface area contributed by atoms with Crippen LogP contribution in [0.5, 0.6) is 11.8 Å². The van der Waals surface area contributed by atoms with E-state index in [2.05, 4.69) is 20.2 Å². The maximum absolute atomic E-state index is 13.1. The van der Waals surface area contributed by atoms with Crippen molar-refractivity contribution in [3.8, 4) is 11.8 Å². The van der Waals surface area contributed by atoms with Gasteiger partial charge in [0, 0.05) is 30.2 Å². The first-order valence-corrected chi connectivity index (χ1v) is 15.4. The maximum atomic E-state index is 13.1. The van der Waals surface area contributed by atoms with Gasteiger partial charge in [-0.3, -0.25) is 4.57 Å². The summed E-state index contributed by atoms with van der Waals surface area (Å²) in [6.07, 6.45) is 0.965. The van der Waals surface area contributed by atoms with Gasteiger partial charge in [-0.2, -0.15) is 4.72 Å². The fourth-order valence-corrected chi connectivity index (χ4v) is 8.21. The number of rotatable bonds is 9. The summed E-state index contributed by atoms with van der Waals surface area (Å²) in [5, 5.41) is 12.9. The van der Waals surface area contributed by atoms with Gasteiger partial charge in [-0.15, -0.1) is 16.4 Å². The minimum Gasteiger partial charge on any atom is -0.424 e. The lowest BCUT2D eigenvalue weighted by Gasteiger charge is -2.15. The molecular weight excluding hydrogens is 534 g/mol. The number of sulfone groups is 1. The monoisotopic (exact) mass is 559 g/mol. The SMILES string of the molecule is CCn1c(Oc2ccc3c(c2)NCC3)nnc1[C@@H](C)NS(=O)(=O)c1cc(S(=O)(=O)c2ccccc2)cs1. The molecule has 37 heavy (non-hydrogen) atoms. The zero-order chi connectivity index (χ0) is 26.2. The molecule has 3 heterocycles. The summed E-state index contributed by atoms with van der Waals surface area (Å²) in [6.45, 7) is 4.86. The number of sulfonamides is 1. The lowest BCUT2D eigenvalue weighted by molar-refractivity contribution is 0.408. The highest BCUT2D eigenvalue weighted by Gasteiger charge is 2.28. The second kappa shape index (κ2) is 9.89. The van der Waals surface area contributed by atoms with Crippen LogP contribution < -0.4 is 14.8 Å². The largest absolute Gasteiger partial charge is 0.424 e. The summed E-state index contributed by atoms with van der Waals surface area (Å²) >= 11 is 0.839. The van der Waals surface area contributed by atoms with E-state index in [4.69, 9.17) is 4.74 Å². The third kappa shape index (κ3) is 4.99. The molecule has 1 atom stereocenters. The van der Waals surface area contributed by atoms with E-state index < -0.39 is 25.9 Å². The molecule has 0 fully saturated rings. The quantitative estimate of drug-likeness (QED) is 0.315. The first-order valence-electron chi connectivity index (χ1n) is 11.6. The summed E-state index contributed by atoms with van der Waals surface area (Å²) in [5.74, 6) is 0.967. The van der Waals surface area contributed by atoms with Gasteiger partial charge >= 0.3 is 6.01 Å². The lowest BCUT2D eigenvalue weighted by atomic mass is 10.2. The predicted molar refractivity (Wildman–Crippen MR) is 139 cm³/mol. The van der Waals surface area contributed by atoms with Gasteiger partial charge in [-0.25, -0.2) is 16.8 Å². The summed E-state index contributed by atoms with van der Waals surface area (Å²) < 4.78 is 62.1. The highest BCUT2D eigenvalue weighted by molar-refractivity contribution is 7.93. The highest BCUT2D eigenvalue weighted by Crippen LogP contribution is 2.31. The van der Waals surface area contributed by atoms with Crippen LogP contribution in [0.15, 0.2) is 74.0 Å². The van der Waals surface area contributed by atoms with E-state index in [1.165, 1.54) is 29.1 Å². The van der Waals surface area contributed by atoms with Crippen molar-refractivity contribution < 1.29 is 21.6 Å². The average molecular weight is 560 g/mol. The molecular formula is C24H25N5O5S3. The van der Waals surface area contributed by atoms with Crippen LogP contribution in [0, 0.1) is 0 Å².